The molecule has 0 saturated carbocycles. The molecule has 2 N–H and O–H groups in total. The Balaban J connectivity index is 3.46. The molecule has 0 aliphatic rings. The van der Waals surface area contributed by atoms with Crippen LogP contribution in [0, 0.1) is 10.1 Å². The van der Waals surface area contributed by atoms with Crippen LogP contribution in [0.2, 0.25) is 0 Å². The summed E-state index contributed by atoms with van der Waals surface area (Å²) in [4.78, 5) is 20.7. The molecule has 1 aromatic rings. The zero-order valence-corrected chi connectivity index (χ0v) is 8.21. The van der Waals surface area contributed by atoms with Gasteiger partial charge in [0.15, 0.2) is 0 Å². The molecule has 6 nitrogen and oxygen atoms in total. The lowest BCUT2D eigenvalue weighted by Gasteiger charge is -2.05. The molecule has 0 amide bonds. The minimum atomic E-state index is -1.34. The summed E-state index contributed by atoms with van der Waals surface area (Å²) in [5, 5.41) is 29.0. The van der Waals surface area contributed by atoms with Gasteiger partial charge in [0.1, 0.15) is 11.3 Å². The van der Waals surface area contributed by atoms with Crippen LogP contribution in [-0.2, 0) is 6.42 Å². The van der Waals surface area contributed by atoms with E-state index in [0.29, 0.717) is 0 Å². The van der Waals surface area contributed by atoms with Crippen LogP contribution in [0.4, 0.5) is 5.69 Å². The highest BCUT2D eigenvalue weighted by atomic mass is 16.6. The lowest BCUT2D eigenvalue weighted by Crippen LogP contribution is -2.02. The third-order valence-electron chi connectivity index (χ3n) is 2.03. The molecule has 0 unspecified atom stereocenters. The molecule has 0 bridgehead atoms. The second-order valence-electron chi connectivity index (χ2n) is 3.01. The lowest BCUT2D eigenvalue weighted by molar-refractivity contribution is -0.385. The zero-order chi connectivity index (χ0) is 12.3. The van der Waals surface area contributed by atoms with Gasteiger partial charge in [-0.05, 0) is 6.07 Å². The Morgan fingerprint density at radius 3 is 2.62 bits per heavy atom. The maximum Gasteiger partial charge on any atom is 0.339 e. The van der Waals surface area contributed by atoms with Crippen molar-refractivity contribution in [3.05, 3.63) is 46.0 Å². The van der Waals surface area contributed by atoms with Crippen molar-refractivity contribution >= 4 is 11.7 Å². The molecule has 0 aliphatic carbocycles. The van der Waals surface area contributed by atoms with E-state index < -0.39 is 16.6 Å². The van der Waals surface area contributed by atoms with E-state index in [1.807, 2.05) is 0 Å². The Kier molecular flexibility index (Phi) is 3.24. The Labute approximate surface area is 90.6 Å². The number of hydrogen-bond donors (Lipinski definition) is 2. The van der Waals surface area contributed by atoms with E-state index in [9.17, 15) is 20.0 Å². The summed E-state index contributed by atoms with van der Waals surface area (Å²) in [5.41, 5.74) is -0.718. The monoisotopic (exact) mass is 223 g/mol. The van der Waals surface area contributed by atoms with Gasteiger partial charge < -0.3 is 10.2 Å². The molecule has 0 atom stereocenters. The molecule has 0 radical (unpaired) electrons. The molecule has 0 fully saturated rings. The Morgan fingerprint density at radius 2 is 2.19 bits per heavy atom. The van der Waals surface area contributed by atoms with Crippen LogP contribution in [0.15, 0.2) is 24.8 Å². The number of nitro benzene ring substituents is 1. The van der Waals surface area contributed by atoms with Gasteiger partial charge in [0.25, 0.3) is 5.69 Å². The number of allylic oxidation sites excluding steroid dienone is 1. The first kappa shape index (κ1) is 11.7. The number of aromatic carboxylic acids is 1. The van der Waals surface area contributed by atoms with Gasteiger partial charge in [0, 0.05) is 12.5 Å². The first-order valence-electron chi connectivity index (χ1n) is 4.32. The van der Waals surface area contributed by atoms with Crippen molar-refractivity contribution in [1.29, 1.82) is 0 Å². The molecule has 1 aromatic carbocycles. The third kappa shape index (κ3) is 2.00. The number of rotatable bonds is 4. The maximum atomic E-state index is 10.7. The van der Waals surface area contributed by atoms with Gasteiger partial charge in [-0.3, -0.25) is 10.1 Å². The number of phenols is 1. The lowest BCUT2D eigenvalue weighted by atomic mass is 10.0. The minimum Gasteiger partial charge on any atom is -0.506 e. The predicted molar refractivity (Wildman–Crippen MR) is 55.6 cm³/mol. The number of carboxylic acid groups (broad SMARTS) is 1. The fourth-order valence-electron chi connectivity index (χ4n) is 1.31. The van der Waals surface area contributed by atoms with Crippen LogP contribution < -0.4 is 0 Å². The first-order valence-corrected chi connectivity index (χ1v) is 4.32. The smallest absolute Gasteiger partial charge is 0.339 e. The van der Waals surface area contributed by atoms with Crippen LogP contribution in [0.1, 0.15) is 15.9 Å². The normalized spacial score (nSPS) is 9.75. The second kappa shape index (κ2) is 4.43. The molecular formula is C10H9NO5. The number of nitro groups is 1. The highest BCUT2D eigenvalue weighted by molar-refractivity contribution is 5.92. The number of carboxylic acids is 1. The van der Waals surface area contributed by atoms with Crippen molar-refractivity contribution < 1.29 is 19.9 Å². The molecule has 0 saturated heterocycles. The minimum absolute atomic E-state index is 0.0310. The summed E-state index contributed by atoms with van der Waals surface area (Å²) >= 11 is 0. The Morgan fingerprint density at radius 1 is 1.56 bits per heavy atom. The first-order chi connectivity index (χ1) is 7.49. The summed E-state index contributed by atoms with van der Waals surface area (Å²) in [6, 6.07) is 2.06. The van der Waals surface area contributed by atoms with Gasteiger partial charge >= 0.3 is 5.97 Å². The third-order valence-corrected chi connectivity index (χ3v) is 2.03. The van der Waals surface area contributed by atoms with Crippen LogP contribution in [0.5, 0.6) is 5.75 Å². The van der Waals surface area contributed by atoms with E-state index in [1.54, 1.807) is 0 Å². The van der Waals surface area contributed by atoms with Crippen molar-refractivity contribution in [3.63, 3.8) is 0 Å². The summed E-state index contributed by atoms with van der Waals surface area (Å²) in [6.07, 6.45) is 1.39. The fraction of sp³-hybridized carbons (Fsp3) is 0.100. The van der Waals surface area contributed by atoms with E-state index >= 15 is 0 Å². The fourth-order valence-corrected chi connectivity index (χ4v) is 1.31. The van der Waals surface area contributed by atoms with E-state index in [2.05, 4.69) is 6.58 Å². The molecule has 0 aliphatic heterocycles. The predicted octanol–water partition coefficient (Wildman–Crippen LogP) is 1.73. The number of nitrogens with zero attached hydrogens (tertiary/aromatic N) is 1. The highest BCUT2D eigenvalue weighted by Gasteiger charge is 2.22. The number of hydrogen-bond acceptors (Lipinski definition) is 4. The molecule has 0 aromatic heterocycles. The van der Waals surface area contributed by atoms with Crippen molar-refractivity contribution in [1.82, 2.24) is 0 Å². The molecule has 0 spiro atoms. The van der Waals surface area contributed by atoms with E-state index in [4.69, 9.17) is 5.11 Å². The van der Waals surface area contributed by atoms with Gasteiger partial charge in [-0.15, -0.1) is 6.58 Å². The molecule has 16 heavy (non-hydrogen) atoms. The molecule has 1 rings (SSSR count). The van der Waals surface area contributed by atoms with Crippen molar-refractivity contribution in [3.8, 4) is 5.75 Å². The van der Waals surface area contributed by atoms with Gasteiger partial charge in [0.05, 0.1) is 10.5 Å². The summed E-state index contributed by atoms with van der Waals surface area (Å²) in [6.45, 7) is 3.39. The van der Waals surface area contributed by atoms with Crippen molar-refractivity contribution in [2.75, 3.05) is 0 Å². The standard InChI is InChI=1S/C10H9NO5/c1-2-3-6-8(11(15)16)5-4-7(9(6)12)10(13)14/h2,4-5,12H,1,3H2,(H,13,14). The number of carbonyl (C=O) groups is 1. The van der Waals surface area contributed by atoms with Gasteiger partial charge in [-0.25, -0.2) is 4.79 Å². The highest BCUT2D eigenvalue weighted by Crippen LogP contribution is 2.31. The van der Waals surface area contributed by atoms with E-state index in [1.165, 1.54) is 6.08 Å². The number of aromatic hydroxyl groups is 1. The topological polar surface area (TPSA) is 101 Å². The van der Waals surface area contributed by atoms with Crippen LogP contribution in [0.25, 0.3) is 0 Å². The molecular weight excluding hydrogens is 214 g/mol. The second-order valence-corrected chi connectivity index (χ2v) is 3.01. The maximum absolute atomic E-state index is 10.7. The molecule has 6 heteroatoms. The van der Waals surface area contributed by atoms with E-state index in [0.717, 1.165) is 12.1 Å². The van der Waals surface area contributed by atoms with Crippen molar-refractivity contribution in [2.24, 2.45) is 0 Å². The Bertz CT molecular complexity index is 467. The molecule has 84 valence electrons. The van der Waals surface area contributed by atoms with Crippen LogP contribution in [-0.4, -0.2) is 21.1 Å². The van der Waals surface area contributed by atoms with Gasteiger partial charge in [0.2, 0.25) is 0 Å². The summed E-state index contributed by atoms with van der Waals surface area (Å²) in [5.74, 6) is -1.92. The van der Waals surface area contributed by atoms with Gasteiger partial charge in [-0.2, -0.15) is 0 Å². The average molecular weight is 223 g/mol. The molecule has 0 heterocycles. The number of benzene rings is 1. The van der Waals surface area contributed by atoms with E-state index in [-0.39, 0.29) is 23.2 Å². The van der Waals surface area contributed by atoms with Crippen LogP contribution in [0.3, 0.4) is 0 Å². The Hall–Kier alpha value is -2.37. The van der Waals surface area contributed by atoms with Crippen LogP contribution >= 0.6 is 0 Å². The summed E-state index contributed by atoms with van der Waals surface area (Å²) < 4.78 is 0. The SMILES string of the molecule is C=CCc1c([N+](=O)[O-])ccc(C(=O)O)c1O. The largest absolute Gasteiger partial charge is 0.506 e. The average Bonchev–Trinajstić information content (AvgIpc) is 2.20. The zero-order valence-electron chi connectivity index (χ0n) is 8.21. The van der Waals surface area contributed by atoms with Gasteiger partial charge in [-0.1, -0.05) is 6.08 Å². The van der Waals surface area contributed by atoms with Crippen molar-refractivity contribution in [2.45, 2.75) is 6.42 Å². The summed E-state index contributed by atoms with van der Waals surface area (Å²) in [7, 11) is 0. The quantitative estimate of drug-likeness (QED) is 0.459.